The molecule has 1 aliphatic carbocycles. The third-order valence-corrected chi connectivity index (χ3v) is 5.11. The van der Waals surface area contributed by atoms with Crippen molar-refractivity contribution in [1.82, 2.24) is 10.6 Å². The van der Waals surface area contributed by atoms with Crippen molar-refractivity contribution >= 4 is 40.5 Å². The van der Waals surface area contributed by atoms with Crippen LogP contribution in [-0.2, 0) is 4.79 Å². The van der Waals surface area contributed by atoms with Crippen LogP contribution in [0.2, 0.25) is 0 Å². The summed E-state index contributed by atoms with van der Waals surface area (Å²) in [6.45, 7) is 0.541. The summed E-state index contributed by atoms with van der Waals surface area (Å²) in [4.78, 5) is 25.2. The van der Waals surface area contributed by atoms with Gasteiger partial charge in [-0.15, -0.1) is 0 Å². The SMILES string of the molecule is O=C(NCCC1=CCCCC1)/C(=C/c1ccc(I)o1)NC(=O)c1ccccc1. The molecule has 1 aliphatic rings. The first kappa shape index (κ1) is 20.4. The first-order valence-corrected chi connectivity index (χ1v) is 10.5. The van der Waals surface area contributed by atoms with Crippen LogP contribution in [0, 0.1) is 3.77 Å². The molecule has 2 N–H and O–H groups in total. The molecular formula is C22H23IN2O3. The summed E-state index contributed by atoms with van der Waals surface area (Å²) in [5.41, 5.74) is 2.05. The molecule has 28 heavy (non-hydrogen) atoms. The highest BCUT2D eigenvalue weighted by Crippen LogP contribution is 2.19. The standard InChI is InChI=1S/C22H23IN2O3/c23-20-12-11-18(28-20)15-19(25-21(26)17-9-5-2-6-10-17)22(27)24-14-13-16-7-3-1-4-8-16/h2,5-7,9-12,15H,1,3-4,8,13-14H2,(H,24,27)(H,25,26)/b19-15-. The number of carbonyl (C=O) groups is 2. The molecule has 0 bridgehead atoms. The number of rotatable bonds is 7. The fraction of sp³-hybridized carbons (Fsp3) is 0.273. The van der Waals surface area contributed by atoms with Crippen molar-refractivity contribution < 1.29 is 14.0 Å². The Morgan fingerprint density at radius 2 is 1.93 bits per heavy atom. The summed E-state index contributed by atoms with van der Waals surface area (Å²) in [5.74, 6) is -0.150. The zero-order valence-electron chi connectivity index (χ0n) is 15.5. The quantitative estimate of drug-likeness (QED) is 0.337. The monoisotopic (exact) mass is 490 g/mol. The maximum absolute atomic E-state index is 12.7. The van der Waals surface area contributed by atoms with Crippen molar-refractivity contribution in [3.05, 3.63) is 74.9 Å². The molecule has 146 valence electrons. The Morgan fingerprint density at radius 1 is 1.11 bits per heavy atom. The molecule has 5 nitrogen and oxygen atoms in total. The molecule has 2 aromatic rings. The Balaban J connectivity index is 1.68. The summed E-state index contributed by atoms with van der Waals surface area (Å²) in [6, 6.07) is 12.4. The summed E-state index contributed by atoms with van der Waals surface area (Å²) in [5, 5.41) is 5.62. The molecule has 0 spiro atoms. The van der Waals surface area contributed by atoms with Crippen LogP contribution in [0.25, 0.3) is 6.08 Å². The van der Waals surface area contributed by atoms with E-state index in [9.17, 15) is 9.59 Å². The van der Waals surface area contributed by atoms with Gasteiger partial charge in [0, 0.05) is 18.2 Å². The number of allylic oxidation sites excluding steroid dienone is 1. The van der Waals surface area contributed by atoms with Gasteiger partial charge in [-0.25, -0.2) is 0 Å². The van der Waals surface area contributed by atoms with Crippen LogP contribution in [0.4, 0.5) is 0 Å². The molecule has 6 heteroatoms. The van der Waals surface area contributed by atoms with Crippen LogP contribution in [0.5, 0.6) is 0 Å². The third-order valence-electron chi connectivity index (χ3n) is 4.53. The molecule has 1 aromatic heterocycles. The first-order valence-electron chi connectivity index (χ1n) is 9.41. The van der Waals surface area contributed by atoms with Gasteiger partial charge in [0.2, 0.25) is 0 Å². The highest BCUT2D eigenvalue weighted by molar-refractivity contribution is 14.1. The smallest absolute Gasteiger partial charge is 0.267 e. The van der Waals surface area contributed by atoms with E-state index in [0.717, 1.165) is 19.3 Å². The number of hydrogen-bond acceptors (Lipinski definition) is 3. The Morgan fingerprint density at radius 3 is 2.61 bits per heavy atom. The summed E-state index contributed by atoms with van der Waals surface area (Å²) in [6.07, 6.45) is 9.36. The van der Waals surface area contributed by atoms with Crippen LogP contribution >= 0.6 is 22.6 Å². The molecule has 0 saturated carbocycles. The molecule has 0 saturated heterocycles. The summed E-state index contributed by atoms with van der Waals surface area (Å²) in [7, 11) is 0. The minimum atomic E-state index is -0.335. The summed E-state index contributed by atoms with van der Waals surface area (Å²) >= 11 is 2.06. The van der Waals surface area contributed by atoms with Crippen LogP contribution < -0.4 is 10.6 Å². The fourth-order valence-electron chi connectivity index (χ4n) is 3.05. The largest absolute Gasteiger partial charge is 0.451 e. The van der Waals surface area contributed by atoms with Gasteiger partial charge in [-0.2, -0.15) is 0 Å². The number of hydrogen-bond donors (Lipinski definition) is 2. The predicted molar refractivity (Wildman–Crippen MR) is 117 cm³/mol. The molecule has 0 fully saturated rings. The minimum absolute atomic E-state index is 0.164. The lowest BCUT2D eigenvalue weighted by atomic mass is 9.97. The lowest BCUT2D eigenvalue weighted by Crippen LogP contribution is -2.35. The van der Waals surface area contributed by atoms with Crippen molar-refractivity contribution in [3.63, 3.8) is 0 Å². The maximum Gasteiger partial charge on any atom is 0.267 e. The number of furan rings is 1. The second kappa shape index (κ2) is 10.3. The zero-order chi connectivity index (χ0) is 19.8. The topological polar surface area (TPSA) is 71.3 Å². The van der Waals surface area contributed by atoms with Gasteiger partial charge < -0.3 is 15.1 Å². The van der Waals surface area contributed by atoms with E-state index >= 15 is 0 Å². The lowest BCUT2D eigenvalue weighted by molar-refractivity contribution is -0.117. The van der Waals surface area contributed by atoms with E-state index in [4.69, 9.17) is 4.42 Å². The van der Waals surface area contributed by atoms with E-state index in [0.29, 0.717) is 21.6 Å². The number of halogens is 1. The van der Waals surface area contributed by atoms with Gasteiger partial charge in [-0.1, -0.05) is 29.8 Å². The fourth-order valence-corrected chi connectivity index (χ4v) is 3.49. The van der Waals surface area contributed by atoms with Crippen LogP contribution in [0.15, 0.2) is 64.2 Å². The van der Waals surface area contributed by atoms with Gasteiger partial charge in [-0.3, -0.25) is 9.59 Å². The van der Waals surface area contributed by atoms with Crippen molar-refractivity contribution in [2.24, 2.45) is 0 Å². The Bertz CT molecular complexity index is 884. The second-order valence-corrected chi connectivity index (χ2v) is 7.70. The molecule has 3 rings (SSSR count). The van der Waals surface area contributed by atoms with Gasteiger partial charge in [0.1, 0.15) is 11.5 Å². The number of benzene rings is 1. The predicted octanol–water partition coefficient (Wildman–Crippen LogP) is 4.66. The van der Waals surface area contributed by atoms with Gasteiger partial charge in [0.05, 0.1) is 0 Å². The van der Waals surface area contributed by atoms with E-state index in [1.807, 2.05) is 6.07 Å². The van der Waals surface area contributed by atoms with Crippen molar-refractivity contribution in [3.8, 4) is 0 Å². The number of carbonyl (C=O) groups excluding carboxylic acids is 2. The van der Waals surface area contributed by atoms with Crippen LogP contribution in [0.1, 0.15) is 48.2 Å². The molecule has 0 radical (unpaired) electrons. The third kappa shape index (κ3) is 6.09. The van der Waals surface area contributed by atoms with E-state index < -0.39 is 0 Å². The molecule has 2 amide bonds. The molecular weight excluding hydrogens is 467 g/mol. The Kier molecular flexibility index (Phi) is 7.47. The second-order valence-electron chi connectivity index (χ2n) is 6.63. The van der Waals surface area contributed by atoms with Gasteiger partial charge in [0.25, 0.3) is 11.8 Å². The maximum atomic E-state index is 12.7. The van der Waals surface area contributed by atoms with Crippen molar-refractivity contribution in [1.29, 1.82) is 0 Å². The zero-order valence-corrected chi connectivity index (χ0v) is 17.7. The van der Waals surface area contributed by atoms with Crippen molar-refractivity contribution in [2.45, 2.75) is 32.1 Å². The molecule has 0 aliphatic heterocycles. The van der Waals surface area contributed by atoms with Crippen molar-refractivity contribution in [2.75, 3.05) is 6.54 Å². The Labute approximate surface area is 178 Å². The highest BCUT2D eigenvalue weighted by Gasteiger charge is 2.15. The van der Waals surface area contributed by atoms with Gasteiger partial charge in [0.15, 0.2) is 3.77 Å². The molecule has 1 aromatic carbocycles. The molecule has 0 atom stereocenters. The van der Waals surface area contributed by atoms with E-state index in [2.05, 4.69) is 39.3 Å². The normalized spacial score (nSPS) is 14.3. The minimum Gasteiger partial charge on any atom is -0.451 e. The van der Waals surface area contributed by atoms with E-state index in [1.165, 1.54) is 18.4 Å². The van der Waals surface area contributed by atoms with Gasteiger partial charge >= 0.3 is 0 Å². The first-order chi connectivity index (χ1) is 13.6. The number of nitrogens with one attached hydrogen (secondary N) is 2. The lowest BCUT2D eigenvalue weighted by Gasteiger charge is -2.14. The average Bonchev–Trinajstić information content (AvgIpc) is 3.13. The average molecular weight is 490 g/mol. The highest BCUT2D eigenvalue weighted by atomic mass is 127. The van der Waals surface area contributed by atoms with Crippen LogP contribution in [0.3, 0.4) is 0 Å². The Hall–Kier alpha value is -2.35. The number of amides is 2. The van der Waals surface area contributed by atoms with E-state index in [-0.39, 0.29) is 17.5 Å². The van der Waals surface area contributed by atoms with Crippen LogP contribution in [-0.4, -0.2) is 18.4 Å². The van der Waals surface area contributed by atoms with Gasteiger partial charge in [-0.05, 0) is 79.0 Å². The molecule has 0 unspecified atom stereocenters. The van der Waals surface area contributed by atoms with E-state index in [1.54, 1.807) is 42.5 Å². The molecule has 1 heterocycles. The summed E-state index contributed by atoms with van der Waals surface area (Å²) < 4.78 is 6.23.